The van der Waals surface area contributed by atoms with Crippen molar-refractivity contribution in [1.29, 1.82) is 0 Å². The summed E-state index contributed by atoms with van der Waals surface area (Å²) in [7, 11) is 0. The van der Waals surface area contributed by atoms with Crippen molar-refractivity contribution in [3.05, 3.63) is 28.2 Å². The van der Waals surface area contributed by atoms with E-state index in [0.29, 0.717) is 17.9 Å². The van der Waals surface area contributed by atoms with Crippen molar-refractivity contribution in [1.82, 2.24) is 0 Å². The second-order valence-electron chi connectivity index (χ2n) is 3.87. The van der Waals surface area contributed by atoms with Crippen molar-refractivity contribution < 1.29 is 19.1 Å². The van der Waals surface area contributed by atoms with E-state index < -0.39 is 23.8 Å². The molecule has 0 aromatic heterocycles. The zero-order valence-corrected chi connectivity index (χ0v) is 12.5. The van der Waals surface area contributed by atoms with E-state index in [9.17, 15) is 14.4 Å². The molecule has 0 fully saturated rings. The Kier molecular flexibility index (Phi) is 5.89. The van der Waals surface area contributed by atoms with Crippen LogP contribution in [0.3, 0.4) is 0 Å². The van der Waals surface area contributed by atoms with E-state index in [1.165, 1.54) is 0 Å². The highest BCUT2D eigenvalue weighted by atomic mass is 79.9. The van der Waals surface area contributed by atoms with Crippen LogP contribution in [0.15, 0.2) is 22.7 Å². The van der Waals surface area contributed by atoms with Gasteiger partial charge in [0.05, 0.1) is 18.6 Å². The van der Waals surface area contributed by atoms with Crippen molar-refractivity contribution in [2.75, 3.05) is 6.61 Å². The molecular weight excluding hydrogens is 312 g/mol. The molecular formula is C14H15BrO4. The van der Waals surface area contributed by atoms with Crippen LogP contribution < -0.4 is 4.74 Å². The number of hydrogen-bond donors (Lipinski definition) is 0. The summed E-state index contributed by atoms with van der Waals surface area (Å²) in [6, 6.07) is 4.95. The number of ketones is 3. The highest BCUT2D eigenvalue weighted by Crippen LogP contribution is 2.25. The minimum absolute atomic E-state index is 0.116. The molecule has 0 saturated carbocycles. The van der Waals surface area contributed by atoms with Gasteiger partial charge in [-0.15, -0.1) is 0 Å². The fourth-order valence-electron chi connectivity index (χ4n) is 1.54. The van der Waals surface area contributed by atoms with Gasteiger partial charge in [0, 0.05) is 10.9 Å². The summed E-state index contributed by atoms with van der Waals surface area (Å²) in [4.78, 5) is 34.7. The molecule has 0 bridgehead atoms. The molecule has 19 heavy (non-hydrogen) atoms. The summed E-state index contributed by atoms with van der Waals surface area (Å²) in [6.45, 7) is 3.81. The van der Waals surface area contributed by atoms with E-state index >= 15 is 0 Å². The first kappa shape index (κ1) is 15.6. The standard InChI is InChI=1S/C14H15BrO4/c1-3-11(16)13(18)8-12(17)10-6-5-9(15)7-14(10)19-4-2/h5-7H,3-4,8H2,1-2H3. The van der Waals surface area contributed by atoms with Gasteiger partial charge in [-0.3, -0.25) is 14.4 Å². The van der Waals surface area contributed by atoms with E-state index in [-0.39, 0.29) is 6.42 Å². The number of hydrogen-bond acceptors (Lipinski definition) is 4. The minimum atomic E-state index is -0.655. The number of ether oxygens (including phenoxy) is 1. The first-order valence-corrected chi connectivity index (χ1v) is 6.80. The van der Waals surface area contributed by atoms with Gasteiger partial charge in [0.25, 0.3) is 0 Å². The van der Waals surface area contributed by atoms with Crippen LogP contribution in [-0.4, -0.2) is 24.0 Å². The molecule has 1 aromatic carbocycles. The minimum Gasteiger partial charge on any atom is -0.493 e. The first-order valence-electron chi connectivity index (χ1n) is 6.01. The lowest BCUT2D eigenvalue weighted by Gasteiger charge is -2.09. The molecule has 0 radical (unpaired) electrons. The summed E-state index contributed by atoms with van der Waals surface area (Å²) >= 11 is 3.29. The van der Waals surface area contributed by atoms with Crippen LogP contribution in [0.4, 0.5) is 0 Å². The Morgan fingerprint density at radius 3 is 2.42 bits per heavy atom. The Hall–Kier alpha value is -1.49. The fraction of sp³-hybridized carbons (Fsp3) is 0.357. The zero-order chi connectivity index (χ0) is 14.4. The predicted molar refractivity (Wildman–Crippen MR) is 74.6 cm³/mol. The number of carbonyl (C=O) groups is 3. The molecule has 0 atom stereocenters. The van der Waals surface area contributed by atoms with E-state index in [2.05, 4.69) is 15.9 Å². The van der Waals surface area contributed by atoms with Gasteiger partial charge in [-0.1, -0.05) is 22.9 Å². The first-order chi connectivity index (χ1) is 8.99. The van der Waals surface area contributed by atoms with Gasteiger partial charge in [0.1, 0.15) is 5.75 Å². The number of carbonyl (C=O) groups excluding carboxylic acids is 3. The molecule has 0 amide bonds. The smallest absolute Gasteiger partial charge is 0.206 e. The lowest BCUT2D eigenvalue weighted by Crippen LogP contribution is -2.17. The number of benzene rings is 1. The maximum atomic E-state index is 12.0. The zero-order valence-electron chi connectivity index (χ0n) is 10.9. The quantitative estimate of drug-likeness (QED) is 0.439. The summed E-state index contributed by atoms with van der Waals surface area (Å²) in [5.41, 5.74) is 0.322. The monoisotopic (exact) mass is 326 g/mol. The second kappa shape index (κ2) is 7.19. The Labute approximate surface area is 120 Å². The largest absolute Gasteiger partial charge is 0.493 e. The molecule has 0 heterocycles. The molecule has 0 aliphatic carbocycles. The molecule has 0 saturated heterocycles. The number of Topliss-reactive ketones (excluding diaryl/α,β-unsaturated/α-hetero) is 3. The van der Waals surface area contributed by atoms with E-state index in [4.69, 9.17) is 4.74 Å². The summed E-state index contributed by atoms with van der Waals surface area (Å²) in [5.74, 6) is -1.16. The molecule has 0 N–H and O–H groups in total. The Bertz CT molecular complexity index is 508. The van der Waals surface area contributed by atoms with Gasteiger partial charge in [-0.05, 0) is 25.1 Å². The van der Waals surface area contributed by atoms with Crippen LogP contribution in [0.1, 0.15) is 37.0 Å². The third-order valence-corrected chi connectivity index (χ3v) is 2.99. The number of rotatable bonds is 7. The summed E-state index contributed by atoms with van der Waals surface area (Å²) in [5, 5.41) is 0. The molecule has 4 nitrogen and oxygen atoms in total. The molecule has 1 rings (SSSR count). The molecule has 102 valence electrons. The van der Waals surface area contributed by atoms with Crippen LogP contribution in [0.25, 0.3) is 0 Å². The highest BCUT2D eigenvalue weighted by Gasteiger charge is 2.20. The normalized spacial score (nSPS) is 10.1. The van der Waals surface area contributed by atoms with Crippen molar-refractivity contribution in [2.24, 2.45) is 0 Å². The maximum absolute atomic E-state index is 12.0. The molecule has 0 spiro atoms. The van der Waals surface area contributed by atoms with Gasteiger partial charge in [-0.25, -0.2) is 0 Å². The number of halogens is 1. The molecule has 1 aromatic rings. The van der Waals surface area contributed by atoms with E-state index in [1.807, 2.05) is 0 Å². The van der Waals surface area contributed by atoms with Crippen LogP contribution in [0, 0.1) is 0 Å². The predicted octanol–water partition coefficient (Wildman–Crippen LogP) is 2.97. The van der Waals surface area contributed by atoms with Crippen LogP contribution in [-0.2, 0) is 9.59 Å². The molecule has 0 aliphatic heterocycles. The molecule has 5 heteroatoms. The van der Waals surface area contributed by atoms with Crippen molar-refractivity contribution >= 4 is 33.3 Å². The Morgan fingerprint density at radius 1 is 1.16 bits per heavy atom. The lowest BCUT2D eigenvalue weighted by molar-refractivity contribution is -0.135. The third kappa shape index (κ3) is 4.28. The van der Waals surface area contributed by atoms with Crippen LogP contribution >= 0.6 is 15.9 Å². The van der Waals surface area contributed by atoms with E-state index in [0.717, 1.165) is 4.47 Å². The van der Waals surface area contributed by atoms with Crippen molar-refractivity contribution in [3.63, 3.8) is 0 Å². The molecule has 0 unspecified atom stereocenters. The van der Waals surface area contributed by atoms with Crippen molar-refractivity contribution in [2.45, 2.75) is 26.7 Å². The summed E-state index contributed by atoms with van der Waals surface area (Å²) < 4.78 is 6.14. The summed E-state index contributed by atoms with van der Waals surface area (Å²) in [6.07, 6.45) is -0.293. The highest BCUT2D eigenvalue weighted by molar-refractivity contribution is 9.10. The Morgan fingerprint density at radius 2 is 1.84 bits per heavy atom. The average Bonchev–Trinajstić information content (AvgIpc) is 2.38. The van der Waals surface area contributed by atoms with Gasteiger partial charge in [-0.2, -0.15) is 0 Å². The van der Waals surface area contributed by atoms with Crippen LogP contribution in [0.2, 0.25) is 0 Å². The van der Waals surface area contributed by atoms with Gasteiger partial charge in [0.2, 0.25) is 5.78 Å². The third-order valence-electron chi connectivity index (χ3n) is 2.50. The SMILES string of the molecule is CCOc1cc(Br)ccc1C(=O)CC(=O)C(=O)CC. The Balaban J connectivity index is 2.93. The van der Waals surface area contributed by atoms with E-state index in [1.54, 1.807) is 32.0 Å². The fourth-order valence-corrected chi connectivity index (χ4v) is 1.88. The van der Waals surface area contributed by atoms with Crippen LogP contribution in [0.5, 0.6) is 5.75 Å². The van der Waals surface area contributed by atoms with Gasteiger partial charge >= 0.3 is 0 Å². The maximum Gasteiger partial charge on any atom is 0.206 e. The molecule has 0 aliphatic rings. The lowest BCUT2D eigenvalue weighted by atomic mass is 10.0. The second-order valence-corrected chi connectivity index (χ2v) is 4.79. The topological polar surface area (TPSA) is 60.4 Å². The average molecular weight is 327 g/mol. The van der Waals surface area contributed by atoms with Gasteiger partial charge < -0.3 is 4.74 Å². The van der Waals surface area contributed by atoms with Gasteiger partial charge in [0.15, 0.2) is 11.6 Å². The van der Waals surface area contributed by atoms with Crippen molar-refractivity contribution in [3.8, 4) is 5.75 Å².